The lowest BCUT2D eigenvalue weighted by molar-refractivity contribution is 0.0771. The van der Waals surface area contributed by atoms with Crippen LogP contribution in [0.25, 0.3) is 10.2 Å². The Morgan fingerprint density at radius 2 is 2.12 bits per heavy atom. The van der Waals surface area contributed by atoms with E-state index in [2.05, 4.69) is 40.4 Å². The molecule has 2 aromatic rings. The third-order valence-electron chi connectivity index (χ3n) is 5.51. The van der Waals surface area contributed by atoms with Crippen molar-refractivity contribution in [2.45, 2.75) is 39.2 Å². The summed E-state index contributed by atoms with van der Waals surface area (Å²) in [5, 5.41) is 7.66. The van der Waals surface area contributed by atoms with Crippen LogP contribution >= 0.6 is 11.3 Å². The molecule has 0 unspecified atom stereocenters. The molecular formula is C18H25N5S. The van der Waals surface area contributed by atoms with Gasteiger partial charge < -0.3 is 10.6 Å². The van der Waals surface area contributed by atoms with Crippen LogP contribution in [0.3, 0.4) is 0 Å². The first-order valence-corrected chi connectivity index (χ1v) is 9.67. The summed E-state index contributed by atoms with van der Waals surface area (Å²) >= 11 is 1.66. The lowest BCUT2D eigenvalue weighted by Gasteiger charge is -2.42. The van der Waals surface area contributed by atoms with E-state index in [0.29, 0.717) is 6.04 Å². The van der Waals surface area contributed by atoms with Crippen molar-refractivity contribution in [3.05, 3.63) is 24.3 Å². The van der Waals surface area contributed by atoms with E-state index in [0.717, 1.165) is 41.8 Å². The van der Waals surface area contributed by atoms with Gasteiger partial charge in [-0.2, -0.15) is 0 Å². The minimum atomic E-state index is 0.647. The third kappa shape index (κ3) is 3.13. The second-order valence-electron chi connectivity index (χ2n) is 7.02. The number of fused-ring (bicyclic) bond motifs is 1. The SMILES string of the molecule is C[C@H]1[C@H](C)CCC[C@H]1N1CN=C(Nc2nc3ccccc3s2)NC1. The second kappa shape index (κ2) is 6.69. The Labute approximate surface area is 147 Å². The molecule has 5 nitrogen and oxygen atoms in total. The number of aliphatic imine (C=N–C) groups is 1. The zero-order valence-corrected chi connectivity index (χ0v) is 15.1. The average molecular weight is 344 g/mol. The van der Waals surface area contributed by atoms with Gasteiger partial charge in [-0.15, -0.1) is 0 Å². The van der Waals surface area contributed by atoms with Crippen LogP contribution < -0.4 is 10.6 Å². The van der Waals surface area contributed by atoms with Crippen LogP contribution in [0.4, 0.5) is 5.13 Å². The van der Waals surface area contributed by atoms with Crippen molar-refractivity contribution in [1.82, 2.24) is 15.2 Å². The van der Waals surface area contributed by atoms with Gasteiger partial charge in [0.05, 0.1) is 23.6 Å². The molecule has 2 heterocycles. The average Bonchev–Trinajstić information content (AvgIpc) is 3.00. The number of nitrogens with zero attached hydrogens (tertiary/aromatic N) is 3. The minimum absolute atomic E-state index is 0.647. The van der Waals surface area contributed by atoms with Gasteiger partial charge in [0, 0.05) is 6.04 Å². The summed E-state index contributed by atoms with van der Waals surface area (Å²) in [5.41, 5.74) is 1.04. The first-order valence-electron chi connectivity index (χ1n) is 8.85. The van der Waals surface area contributed by atoms with E-state index < -0.39 is 0 Å². The molecule has 1 aliphatic heterocycles. The van der Waals surface area contributed by atoms with Gasteiger partial charge in [0.1, 0.15) is 0 Å². The van der Waals surface area contributed by atoms with E-state index in [4.69, 9.17) is 4.99 Å². The van der Waals surface area contributed by atoms with Crippen molar-refractivity contribution in [3.63, 3.8) is 0 Å². The molecule has 0 amide bonds. The summed E-state index contributed by atoms with van der Waals surface area (Å²) in [5.74, 6) is 2.39. The fourth-order valence-electron chi connectivity index (χ4n) is 3.85. The summed E-state index contributed by atoms with van der Waals surface area (Å²) in [4.78, 5) is 11.8. The molecule has 0 saturated heterocycles. The summed E-state index contributed by atoms with van der Waals surface area (Å²) in [7, 11) is 0. The standard InChI is InChI=1S/C18H25N5S/c1-12-6-5-8-15(13(12)2)23-10-19-17(20-11-23)22-18-21-14-7-3-4-9-16(14)24-18/h3-4,7,9,12-13,15H,5-6,8,10-11H2,1-2H3,(H2,19,20,21,22)/t12-,13+,15-/m1/s1. The molecule has 4 rings (SSSR count). The molecule has 2 aliphatic rings. The van der Waals surface area contributed by atoms with Gasteiger partial charge in [0.15, 0.2) is 11.1 Å². The van der Waals surface area contributed by atoms with Crippen LogP contribution in [0.1, 0.15) is 33.1 Å². The van der Waals surface area contributed by atoms with Crippen molar-refractivity contribution in [1.29, 1.82) is 0 Å². The van der Waals surface area contributed by atoms with Crippen molar-refractivity contribution in [2.75, 3.05) is 18.7 Å². The van der Waals surface area contributed by atoms with Crippen LogP contribution in [-0.4, -0.2) is 35.2 Å². The molecule has 0 spiro atoms. The molecule has 1 aromatic carbocycles. The Hall–Kier alpha value is -1.66. The Morgan fingerprint density at radius 1 is 1.25 bits per heavy atom. The number of anilines is 1. The summed E-state index contributed by atoms with van der Waals surface area (Å²) in [6.07, 6.45) is 4.00. The number of aromatic nitrogens is 1. The third-order valence-corrected chi connectivity index (χ3v) is 6.46. The normalized spacial score (nSPS) is 28.4. The highest BCUT2D eigenvalue weighted by Crippen LogP contribution is 2.33. The summed E-state index contributed by atoms with van der Waals surface area (Å²) in [6.45, 7) is 6.41. The Morgan fingerprint density at radius 3 is 2.92 bits per heavy atom. The molecule has 3 atom stereocenters. The number of hydrogen-bond donors (Lipinski definition) is 2. The van der Waals surface area contributed by atoms with Gasteiger partial charge in [-0.1, -0.05) is 50.2 Å². The molecule has 6 heteroatoms. The number of guanidine groups is 1. The molecule has 2 N–H and O–H groups in total. The number of nitrogens with one attached hydrogen (secondary N) is 2. The highest BCUT2D eigenvalue weighted by molar-refractivity contribution is 7.22. The van der Waals surface area contributed by atoms with Crippen LogP contribution in [0, 0.1) is 11.8 Å². The molecule has 24 heavy (non-hydrogen) atoms. The maximum atomic E-state index is 4.70. The molecule has 0 bridgehead atoms. The first-order chi connectivity index (χ1) is 11.7. The van der Waals surface area contributed by atoms with Crippen LogP contribution in [0.2, 0.25) is 0 Å². The van der Waals surface area contributed by atoms with Gasteiger partial charge in [-0.05, 0) is 30.4 Å². The molecule has 1 saturated carbocycles. The van der Waals surface area contributed by atoms with Gasteiger partial charge >= 0.3 is 0 Å². The summed E-state index contributed by atoms with van der Waals surface area (Å²) < 4.78 is 1.20. The van der Waals surface area contributed by atoms with Crippen molar-refractivity contribution in [3.8, 4) is 0 Å². The van der Waals surface area contributed by atoms with Gasteiger partial charge in [0.2, 0.25) is 0 Å². The second-order valence-corrected chi connectivity index (χ2v) is 8.05. The smallest absolute Gasteiger partial charge is 0.199 e. The maximum Gasteiger partial charge on any atom is 0.199 e. The zero-order chi connectivity index (χ0) is 16.5. The number of rotatable bonds is 2. The quantitative estimate of drug-likeness (QED) is 0.873. The Kier molecular flexibility index (Phi) is 4.41. The monoisotopic (exact) mass is 343 g/mol. The fourth-order valence-corrected chi connectivity index (χ4v) is 4.71. The molecule has 128 valence electrons. The fraction of sp³-hybridized carbons (Fsp3) is 0.556. The molecule has 1 fully saturated rings. The molecule has 0 radical (unpaired) electrons. The number of para-hydroxylation sites is 1. The predicted molar refractivity (Wildman–Crippen MR) is 101 cm³/mol. The Balaban J connectivity index is 1.41. The number of thiazole rings is 1. The van der Waals surface area contributed by atoms with E-state index in [1.54, 1.807) is 11.3 Å². The Bertz CT molecular complexity index is 707. The number of hydrogen-bond acceptors (Lipinski definition) is 6. The van der Waals surface area contributed by atoms with Crippen LogP contribution in [0.15, 0.2) is 29.3 Å². The van der Waals surface area contributed by atoms with E-state index in [9.17, 15) is 0 Å². The van der Waals surface area contributed by atoms with Crippen molar-refractivity contribution < 1.29 is 0 Å². The van der Waals surface area contributed by atoms with Gasteiger partial charge in [-0.25, -0.2) is 9.98 Å². The summed E-state index contributed by atoms with van der Waals surface area (Å²) in [6, 6.07) is 8.86. The van der Waals surface area contributed by atoms with Crippen molar-refractivity contribution >= 4 is 32.6 Å². The van der Waals surface area contributed by atoms with E-state index in [1.165, 1.54) is 24.0 Å². The van der Waals surface area contributed by atoms with Crippen molar-refractivity contribution in [2.24, 2.45) is 16.8 Å². The predicted octanol–water partition coefficient (Wildman–Crippen LogP) is 3.71. The molecule has 1 aromatic heterocycles. The lowest BCUT2D eigenvalue weighted by Crippen LogP contribution is -2.53. The number of benzene rings is 1. The highest BCUT2D eigenvalue weighted by atomic mass is 32.1. The zero-order valence-electron chi connectivity index (χ0n) is 14.3. The van der Waals surface area contributed by atoms with Crippen LogP contribution in [-0.2, 0) is 0 Å². The largest absolute Gasteiger partial charge is 0.343 e. The highest BCUT2D eigenvalue weighted by Gasteiger charge is 2.32. The maximum absolute atomic E-state index is 4.70. The van der Waals surface area contributed by atoms with Crippen LogP contribution in [0.5, 0.6) is 0 Å². The molecular weight excluding hydrogens is 318 g/mol. The topological polar surface area (TPSA) is 52.5 Å². The first kappa shape index (κ1) is 15.8. The minimum Gasteiger partial charge on any atom is -0.343 e. The van der Waals surface area contributed by atoms with E-state index in [1.807, 2.05) is 18.2 Å². The van der Waals surface area contributed by atoms with E-state index in [-0.39, 0.29) is 0 Å². The van der Waals surface area contributed by atoms with Gasteiger partial charge in [0.25, 0.3) is 0 Å². The molecule has 1 aliphatic carbocycles. The van der Waals surface area contributed by atoms with E-state index >= 15 is 0 Å². The van der Waals surface area contributed by atoms with Gasteiger partial charge in [-0.3, -0.25) is 4.90 Å². The lowest BCUT2D eigenvalue weighted by atomic mass is 9.77.